The quantitative estimate of drug-likeness (QED) is 0.774. The van der Waals surface area contributed by atoms with Crippen LogP contribution in [0.25, 0.3) is 0 Å². The molecule has 4 nitrogen and oxygen atoms in total. The first kappa shape index (κ1) is 13.3. The summed E-state index contributed by atoms with van der Waals surface area (Å²) in [5.41, 5.74) is 0.00200. The lowest BCUT2D eigenvalue weighted by molar-refractivity contribution is -0.205. The van der Waals surface area contributed by atoms with Gasteiger partial charge in [-0.3, -0.25) is 4.84 Å². The van der Waals surface area contributed by atoms with Gasteiger partial charge in [0.15, 0.2) is 5.60 Å². The van der Waals surface area contributed by atoms with Gasteiger partial charge in [-0.2, -0.15) is 5.06 Å². The molecule has 98 valence electrons. The highest BCUT2D eigenvalue weighted by Gasteiger charge is 2.48. The number of benzene rings is 1. The van der Waals surface area contributed by atoms with Crippen molar-refractivity contribution in [1.29, 1.82) is 0 Å². The van der Waals surface area contributed by atoms with Gasteiger partial charge in [0.05, 0.1) is 13.2 Å². The summed E-state index contributed by atoms with van der Waals surface area (Å²) >= 11 is 6.18. The van der Waals surface area contributed by atoms with Crippen LogP contribution in [0.2, 0.25) is 5.02 Å². The molecule has 0 aromatic heterocycles. The summed E-state index contributed by atoms with van der Waals surface area (Å²) in [7, 11) is 3.15. The van der Waals surface area contributed by atoms with Crippen LogP contribution in [0.3, 0.4) is 0 Å². The monoisotopic (exact) mass is 269 g/mol. The van der Waals surface area contributed by atoms with Crippen molar-refractivity contribution in [1.82, 2.24) is 5.06 Å². The Morgan fingerprint density at radius 2 is 2.22 bits per heavy atom. The molecular weight excluding hydrogens is 254 g/mol. The van der Waals surface area contributed by atoms with E-state index in [1.54, 1.807) is 19.0 Å². The second kappa shape index (κ2) is 4.88. The Kier molecular flexibility index (Phi) is 3.61. The molecule has 5 heteroatoms. The van der Waals surface area contributed by atoms with Crippen LogP contribution in [0, 0.1) is 0 Å². The average molecular weight is 270 g/mol. The molecule has 0 aliphatic carbocycles. The number of hydroxylamine groups is 2. The molecule has 18 heavy (non-hydrogen) atoms. The van der Waals surface area contributed by atoms with Crippen molar-refractivity contribution in [2.75, 3.05) is 14.2 Å². The Morgan fingerprint density at radius 3 is 2.83 bits per heavy atom. The van der Waals surface area contributed by atoms with Gasteiger partial charge in [-0.1, -0.05) is 29.8 Å². The Balaban J connectivity index is 2.28. The van der Waals surface area contributed by atoms with Crippen LogP contribution in [0.5, 0.6) is 0 Å². The molecule has 1 aromatic carbocycles. The molecule has 1 aliphatic heterocycles. The predicted octanol–water partition coefficient (Wildman–Crippen LogP) is 2.58. The van der Waals surface area contributed by atoms with E-state index in [2.05, 4.69) is 0 Å². The van der Waals surface area contributed by atoms with Crippen LogP contribution in [0.1, 0.15) is 24.9 Å². The molecule has 1 fully saturated rings. The maximum Gasteiger partial charge on any atom is 0.340 e. The smallest absolute Gasteiger partial charge is 0.340 e. The molecular formula is C13H16ClNO3. The summed E-state index contributed by atoms with van der Waals surface area (Å²) in [5.74, 6) is -0.371. The van der Waals surface area contributed by atoms with E-state index in [-0.39, 0.29) is 12.0 Å². The van der Waals surface area contributed by atoms with E-state index in [0.29, 0.717) is 11.4 Å². The lowest BCUT2D eigenvalue weighted by atomic mass is 9.94. The van der Waals surface area contributed by atoms with Crippen LogP contribution in [0.4, 0.5) is 0 Å². The number of carbonyl (C=O) groups excluding carboxylic acids is 1. The van der Waals surface area contributed by atoms with Crippen LogP contribution < -0.4 is 0 Å². The lowest BCUT2D eigenvalue weighted by Crippen LogP contribution is -2.36. The zero-order chi connectivity index (χ0) is 13.3. The fourth-order valence-electron chi connectivity index (χ4n) is 2.30. The number of nitrogens with zero attached hydrogens (tertiary/aromatic N) is 1. The molecule has 0 radical (unpaired) electrons. The van der Waals surface area contributed by atoms with E-state index in [9.17, 15) is 4.79 Å². The summed E-state index contributed by atoms with van der Waals surface area (Å²) < 4.78 is 4.78. The highest BCUT2D eigenvalue weighted by molar-refractivity contribution is 6.31. The van der Waals surface area contributed by atoms with Crippen molar-refractivity contribution in [3.05, 3.63) is 34.9 Å². The minimum atomic E-state index is -0.951. The first-order valence-corrected chi connectivity index (χ1v) is 6.10. The number of ether oxygens (including phenoxy) is 1. The summed E-state index contributed by atoms with van der Waals surface area (Å²) in [6.45, 7) is 1.73. The largest absolute Gasteiger partial charge is 0.467 e. The summed E-state index contributed by atoms with van der Waals surface area (Å²) in [5, 5.41) is 2.34. The number of esters is 1. The molecule has 1 aliphatic rings. The Morgan fingerprint density at radius 1 is 1.56 bits per heavy atom. The van der Waals surface area contributed by atoms with E-state index in [1.807, 2.05) is 24.3 Å². The zero-order valence-corrected chi connectivity index (χ0v) is 11.4. The van der Waals surface area contributed by atoms with Gasteiger partial charge in [0.2, 0.25) is 0 Å². The number of carbonyl (C=O) groups is 1. The minimum absolute atomic E-state index is 0.0530. The lowest BCUT2D eigenvalue weighted by Gasteiger charge is -2.20. The van der Waals surface area contributed by atoms with Crippen molar-refractivity contribution in [3.63, 3.8) is 0 Å². The number of halogens is 1. The first-order valence-electron chi connectivity index (χ1n) is 5.73. The van der Waals surface area contributed by atoms with Gasteiger partial charge in [0, 0.05) is 18.5 Å². The third kappa shape index (κ3) is 2.23. The van der Waals surface area contributed by atoms with E-state index in [0.717, 1.165) is 5.56 Å². The van der Waals surface area contributed by atoms with Crippen molar-refractivity contribution >= 4 is 17.6 Å². The highest BCUT2D eigenvalue weighted by atomic mass is 35.5. The van der Waals surface area contributed by atoms with Crippen LogP contribution in [-0.2, 0) is 14.4 Å². The summed E-state index contributed by atoms with van der Waals surface area (Å²) in [6, 6.07) is 7.51. The maximum absolute atomic E-state index is 11.7. The highest BCUT2D eigenvalue weighted by Crippen LogP contribution is 2.41. The van der Waals surface area contributed by atoms with Gasteiger partial charge in [-0.05, 0) is 18.6 Å². The van der Waals surface area contributed by atoms with E-state index < -0.39 is 5.60 Å². The molecule has 0 saturated carbocycles. The topological polar surface area (TPSA) is 38.8 Å². The molecule has 1 heterocycles. The van der Waals surface area contributed by atoms with Crippen molar-refractivity contribution in [2.45, 2.75) is 25.0 Å². The Labute approximate surface area is 111 Å². The normalized spacial score (nSPS) is 28.3. The Bertz CT molecular complexity index is 465. The van der Waals surface area contributed by atoms with Gasteiger partial charge in [0.1, 0.15) is 0 Å². The van der Waals surface area contributed by atoms with Crippen LogP contribution >= 0.6 is 11.6 Å². The van der Waals surface area contributed by atoms with E-state index >= 15 is 0 Å². The number of hydrogen-bond acceptors (Lipinski definition) is 4. The van der Waals surface area contributed by atoms with Gasteiger partial charge in [-0.25, -0.2) is 4.79 Å². The van der Waals surface area contributed by atoms with E-state index in [1.165, 1.54) is 7.11 Å². The fourth-order valence-corrected chi connectivity index (χ4v) is 2.57. The van der Waals surface area contributed by atoms with Gasteiger partial charge < -0.3 is 4.74 Å². The molecule has 1 saturated heterocycles. The second-order valence-corrected chi connectivity index (χ2v) is 5.01. The number of hydrogen-bond donors (Lipinski definition) is 0. The average Bonchev–Trinajstić information content (AvgIpc) is 2.66. The molecule has 0 N–H and O–H groups in total. The van der Waals surface area contributed by atoms with Crippen LogP contribution in [0.15, 0.2) is 24.3 Å². The SMILES string of the molecule is COC(=O)[C@@]1(C)C[C@@H](c2ccccc2Cl)N(C)O1. The van der Waals surface area contributed by atoms with Crippen LogP contribution in [-0.4, -0.2) is 30.8 Å². The molecule has 2 rings (SSSR count). The third-order valence-corrected chi connectivity index (χ3v) is 3.59. The van der Waals surface area contributed by atoms with Crippen molar-refractivity contribution < 1.29 is 14.4 Å². The first-order chi connectivity index (χ1) is 8.48. The third-order valence-electron chi connectivity index (χ3n) is 3.25. The molecule has 0 amide bonds. The minimum Gasteiger partial charge on any atom is -0.467 e. The van der Waals surface area contributed by atoms with Gasteiger partial charge in [-0.15, -0.1) is 0 Å². The number of rotatable bonds is 2. The summed E-state index contributed by atoms with van der Waals surface area (Å²) in [6.07, 6.45) is 0.514. The molecule has 0 unspecified atom stereocenters. The standard InChI is InChI=1S/C13H16ClNO3/c1-13(12(16)17-3)8-11(15(2)18-13)9-6-4-5-7-10(9)14/h4-7,11H,8H2,1-3H3/t11-,13+/m0/s1. The van der Waals surface area contributed by atoms with Gasteiger partial charge >= 0.3 is 5.97 Å². The predicted molar refractivity (Wildman–Crippen MR) is 68.1 cm³/mol. The summed E-state index contributed by atoms with van der Waals surface area (Å²) in [4.78, 5) is 17.4. The molecule has 0 bridgehead atoms. The molecule has 0 spiro atoms. The van der Waals surface area contributed by atoms with Gasteiger partial charge in [0.25, 0.3) is 0 Å². The van der Waals surface area contributed by atoms with Crippen molar-refractivity contribution in [3.8, 4) is 0 Å². The maximum atomic E-state index is 11.7. The fraction of sp³-hybridized carbons (Fsp3) is 0.462. The molecule has 1 aromatic rings. The van der Waals surface area contributed by atoms with E-state index in [4.69, 9.17) is 21.2 Å². The van der Waals surface area contributed by atoms with Crippen molar-refractivity contribution in [2.24, 2.45) is 0 Å². The Hall–Kier alpha value is -1.10. The molecule has 2 atom stereocenters. The zero-order valence-electron chi connectivity index (χ0n) is 10.6. The second-order valence-electron chi connectivity index (χ2n) is 4.60. The number of methoxy groups -OCH3 is 1.